The van der Waals surface area contributed by atoms with Crippen LogP contribution in [-0.2, 0) is 61.7 Å². The second-order valence-electron chi connectivity index (χ2n) is 9.01. The SMILES string of the molecule is CCc1cc2ccc3ccccc3c2[cH-]1.CCc1cc2ccc3ccccc3c2[cH-]1.C[Si](C)=[Hf+2].[Cl-].[Cl-].[Hf+4]. The van der Waals surface area contributed by atoms with Gasteiger partial charge in [0.1, 0.15) is 0 Å². The van der Waals surface area contributed by atoms with Crippen molar-refractivity contribution < 1.29 is 73.7 Å². The number of hydrogen-bond donors (Lipinski definition) is 0. The number of aryl methyl sites for hydroxylation is 2. The van der Waals surface area contributed by atoms with E-state index in [1.54, 1.807) is 0 Å². The molecule has 6 aromatic carbocycles. The van der Waals surface area contributed by atoms with Gasteiger partial charge >= 0.3 is 67.4 Å². The number of halogens is 2. The van der Waals surface area contributed by atoms with Crippen LogP contribution in [-0.4, -0.2) is 5.49 Å². The van der Waals surface area contributed by atoms with Gasteiger partial charge in [0.05, 0.1) is 0 Å². The quantitative estimate of drug-likeness (QED) is 0.185. The summed E-state index contributed by atoms with van der Waals surface area (Å²) in [6, 6.07) is 35.2. The van der Waals surface area contributed by atoms with Crippen molar-refractivity contribution >= 4 is 48.6 Å². The molecule has 0 radical (unpaired) electrons. The molecule has 0 spiro atoms. The first-order valence-corrected chi connectivity index (χ1v) is 20.0. The van der Waals surface area contributed by atoms with Crippen LogP contribution < -0.4 is 24.8 Å². The Morgan fingerprint density at radius 3 is 1.27 bits per heavy atom. The number of rotatable bonds is 2. The molecule has 0 fully saturated rings. The molecule has 0 bridgehead atoms. The molecule has 6 rings (SSSR count). The molecule has 0 saturated carbocycles. The van der Waals surface area contributed by atoms with E-state index in [4.69, 9.17) is 0 Å². The maximum Gasteiger partial charge on any atom is 4.00 e. The van der Waals surface area contributed by atoms with E-state index in [2.05, 4.69) is 124 Å². The average Bonchev–Trinajstić information content (AvgIpc) is 3.48. The van der Waals surface area contributed by atoms with Gasteiger partial charge in [0.15, 0.2) is 0 Å². The largest absolute Gasteiger partial charge is 4.00 e. The van der Waals surface area contributed by atoms with Crippen molar-refractivity contribution in [1.82, 2.24) is 0 Å². The Bertz CT molecular complexity index is 1460. The fourth-order valence-electron chi connectivity index (χ4n) is 4.46. The third-order valence-electron chi connectivity index (χ3n) is 6.17. The fraction of sp³-hybridized carbons (Fsp3) is 0.188. The van der Waals surface area contributed by atoms with Crippen LogP contribution in [0.4, 0.5) is 0 Å². The number of benzene rings is 4. The molecule has 6 aromatic rings. The zero-order chi connectivity index (χ0) is 24.1. The topological polar surface area (TPSA) is 0 Å². The van der Waals surface area contributed by atoms with Gasteiger partial charge < -0.3 is 24.8 Å². The van der Waals surface area contributed by atoms with Crippen LogP contribution in [0.25, 0.3) is 43.1 Å². The van der Waals surface area contributed by atoms with Crippen LogP contribution in [0, 0.1) is 0 Å². The van der Waals surface area contributed by atoms with Crippen LogP contribution in [0.1, 0.15) is 25.0 Å². The minimum Gasteiger partial charge on any atom is -1.00 e. The molecule has 184 valence electrons. The molecule has 0 saturated heterocycles. The zero-order valence-electron chi connectivity index (χ0n) is 21.9. The van der Waals surface area contributed by atoms with Crippen molar-refractivity contribution in [1.29, 1.82) is 0 Å². The van der Waals surface area contributed by atoms with Gasteiger partial charge in [-0.2, -0.15) is 12.1 Å². The molecule has 0 N–H and O–H groups in total. The van der Waals surface area contributed by atoms with Crippen LogP contribution in [0.3, 0.4) is 0 Å². The minimum atomic E-state index is 0. The molecule has 0 aliphatic heterocycles. The molecule has 0 aromatic heterocycles. The summed E-state index contributed by atoms with van der Waals surface area (Å²) in [7, 11) is 0. The molecule has 0 aliphatic rings. The summed E-state index contributed by atoms with van der Waals surface area (Å²) >= 11 is 1.45. The molecule has 0 heterocycles. The second-order valence-corrected chi connectivity index (χ2v) is 21.8. The van der Waals surface area contributed by atoms with E-state index in [-0.39, 0.29) is 56.2 Å². The maximum absolute atomic E-state index is 2.33. The summed E-state index contributed by atoms with van der Waals surface area (Å²) in [5, 5.41) is 10.9. The Morgan fingerprint density at radius 1 is 0.595 bits per heavy atom. The van der Waals surface area contributed by atoms with Gasteiger partial charge in [-0.1, -0.05) is 96.1 Å². The predicted molar refractivity (Wildman–Crippen MR) is 150 cm³/mol. The summed E-state index contributed by atoms with van der Waals surface area (Å²) < 4.78 is 0. The number of fused-ring (bicyclic) bond motifs is 6. The van der Waals surface area contributed by atoms with Crippen molar-refractivity contribution in [3.8, 4) is 0 Å². The molecule has 0 amide bonds. The van der Waals surface area contributed by atoms with Crippen molar-refractivity contribution in [2.45, 2.75) is 39.8 Å². The van der Waals surface area contributed by atoms with Gasteiger partial charge in [0.2, 0.25) is 0 Å². The maximum atomic E-state index is 2.33. The van der Waals surface area contributed by atoms with Crippen molar-refractivity contribution in [2.24, 2.45) is 0 Å². The second kappa shape index (κ2) is 16.3. The van der Waals surface area contributed by atoms with Crippen LogP contribution in [0.5, 0.6) is 0 Å². The fourth-order valence-corrected chi connectivity index (χ4v) is 4.46. The number of hydrogen-bond acceptors (Lipinski definition) is 0. The van der Waals surface area contributed by atoms with E-state index >= 15 is 0 Å². The van der Waals surface area contributed by atoms with Gasteiger partial charge in [0.25, 0.3) is 0 Å². The van der Waals surface area contributed by atoms with E-state index in [1.165, 1.54) is 77.2 Å². The van der Waals surface area contributed by atoms with Crippen LogP contribution in [0.15, 0.2) is 97.1 Å². The van der Waals surface area contributed by atoms with Crippen LogP contribution in [0.2, 0.25) is 13.1 Å². The Kier molecular flexibility index (Phi) is 15.1. The Morgan fingerprint density at radius 2 is 0.919 bits per heavy atom. The standard InChI is InChI=1S/2C15H13.C2H6Si.2ClH.2Hf/c2*1-2-11-9-13-8-7-12-5-3-4-6-14(12)15(13)10-11;1-3-2;;;;/h2*3-10H,2H2,1H3;1-2H3;2*1H;;/q2*-1;;;;+2;+4/p-2. The normalized spacial score (nSPS) is 9.89. The van der Waals surface area contributed by atoms with Gasteiger partial charge in [-0.3, -0.25) is 0 Å². The Balaban J connectivity index is 0.000000303. The summed E-state index contributed by atoms with van der Waals surface area (Å²) in [5.74, 6) is 0. The minimum absolute atomic E-state index is 0. The Hall–Kier alpha value is -0.843. The molecule has 0 unspecified atom stereocenters. The summed E-state index contributed by atoms with van der Waals surface area (Å²) in [4.78, 5) is 0. The molecule has 0 atom stereocenters. The average molecular weight is 873 g/mol. The first-order valence-electron chi connectivity index (χ1n) is 12.2. The molecule has 37 heavy (non-hydrogen) atoms. The summed E-state index contributed by atoms with van der Waals surface area (Å²) in [6.07, 6.45) is 2.23. The third kappa shape index (κ3) is 8.57. The van der Waals surface area contributed by atoms with E-state index in [1.807, 2.05) is 0 Å². The van der Waals surface area contributed by atoms with Crippen molar-refractivity contribution in [3.63, 3.8) is 0 Å². The molecular weight excluding hydrogens is 840 g/mol. The molecule has 0 nitrogen and oxygen atoms in total. The zero-order valence-corrected chi connectivity index (χ0v) is 31.6. The van der Waals surface area contributed by atoms with E-state index < -0.39 is 0 Å². The summed E-state index contributed by atoms with van der Waals surface area (Å²) in [6.45, 7) is 9.07. The predicted octanol–water partition coefficient (Wildman–Crippen LogP) is 3.34. The van der Waals surface area contributed by atoms with E-state index in [0.29, 0.717) is 0 Å². The smallest absolute Gasteiger partial charge is 1.00 e. The van der Waals surface area contributed by atoms with Gasteiger partial charge in [-0.15, -0.1) is 56.9 Å². The molecule has 5 heteroatoms. The third-order valence-corrected chi connectivity index (χ3v) is 6.17. The van der Waals surface area contributed by atoms with Crippen LogP contribution >= 0.6 is 0 Å². The van der Waals surface area contributed by atoms with Gasteiger partial charge in [0, 0.05) is 0 Å². The first-order chi connectivity index (χ1) is 16.5. The Labute approximate surface area is 267 Å². The first kappa shape index (κ1) is 34.2. The molecule has 0 aliphatic carbocycles. The monoisotopic (exact) mass is 874 g/mol. The van der Waals surface area contributed by atoms with E-state index in [0.717, 1.165) is 12.8 Å². The van der Waals surface area contributed by atoms with Crippen molar-refractivity contribution in [3.05, 3.63) is 108 Å². The van der Waals surface area contributed by atoms with Gasteiger partial charge in [-0.25, -0.2) is 0 Å². The van der Waals surface area contributed by atoms with Gasteiger partial charge in [-0.05, 0) is 12.8 Å². The molecular formula is C32H32Cl2Hf2Si+2. The van der Waals surface area contributed by atoms with Crippen molar-refractivity contribution in [2.75, 3.05) is 0 Å². The summed E-state index contributed by atoms with van der Waals surface area (Å²) in [5.41, 5.74) is 3.12. The van der Waals surface area contributed by atoms with E-state index in [9.17, 15) is 0 Å².